The fraction of sp³-hybridized carbons (Fsp3) is 0.500. The molecule has 0 saturated carbocycles. The lowest BCUT2D eigenvalue weighted by molar-refractivity contribution is -0.155. The summed E-state index contributed by atoms with van der Waals surface area (Å²) in [5, 5.41) is 3.91. The van der Waals surface area contributed by atoms with Crippen molar-refractivity contribution in [3.8, 4) is 0 Å². The lowest BCUT2D eigenvalue weighted by Crippen LogP contribution is -2.31. The molecule has 0 spiro atoms. The van der Waals surface area contributed by atoms with Crippen LogP contribution in [0.2, 0.25) is 0 Å². The molecule has 3 atom stereocenters. The molecule has 1 aliphatic heterocycles. The number of furan rings is 1. The van der Waals surface area contributed by atoms with Gasteiger partial charge in [0, 0.05) is 31.4 Å². The highest BCUT2D eigenvalue weighted by atomic mass is 16.6. The van der Waals surface area contributed by atoms with Crippen LogP contribution in [-0.2, 0) is 30.3 Å². The fourth-order valence-electron chi connectivity index (χ4n) is 2.92. The van der Waals surface area contributed by atoms with E-state index in [1.807, 2.05) is 0 Å². The highest BCUT2D eigenvalue weighted by Gasteiger charge is 2.39. The highest BCUT2D eigenvalue weighted by Crippen LogP contribution is 2.31. The molecular formula is C16H17N5O7. The number of ether oxygens (including phenoxy) is 3. The number of carbonyl (C=O) groups excluding carboxylic acids is 2. The highest BCUT2D eigenvalue weighted by molar-refractivity contribution is 5.72. The van der Waals surface area contributed by atoms with Gasteiger partial charge in [-0.05, 0) is 11.6 Å². The van der Waals surface area contributed by atoms with E-state index in [4.69, 9.17) is 24.2 Å². The smallest absolute Gasteiger partial charge is 0.353 e. The van der Waals surface area contributed by atoms with E-state index in [2.05, 4.69) is 15.0 Å². The van der Waals surface area contributed by atoms with Gasteiger partial charge in [0.05, 0.1) is 11.9 Å². The zero-order chi connectivity index (χ0) is 20.3. The van der Waals surface area contributed by atoms with Crippen LogP contribution >= 0.6 is 0 Å². The molecule has 12 heteroatoms. The van der Waals surface area contributed by atoms with Gasteiger partial charge in [-0.2, -0.15) is 4.98 Å². The van der Waals surface area contributed by atoms with Gasteiger partial charge in [-0.25, -0.2) is 4.79 Å². The quantitative estimate of drug-likeness (QED) is 0.310. The zero-order valence-corrected chi connectivity index (χ0v) is 15.1. The topological polar surface area (TPSA) is 159 Å². The maximum atomic E-state index is 12.4. The normalized spacial score (nSPS) is 21.3. The molecule has 2 aromatic heterocycles. The molecule has 3 heterocycles. The Labute approximate surface area is 157 Å². The van der Waals surface area contributed by atoms with Crippen molar-refractivity contribution in [1.29, 1.82) is 0 Å². The number of azide groups is 1. The van der Waals surface area contributed by atoms with Gasteiger partial charge in [0.15, 0.2) is 0 Å². The number of hydrogen-bond acceptors (Lipinski definition) is 9. The van der Waals surface area contributed by atoms with E-state index in [9.17, 15) is 14.4 Å². The summed E-state index contributed by atoms with van der Waals surface area (Å²) in [7, 11) is 0. The Balaban J connectivity index is 1.86. The molecule has 1 aliphatic rings. The van der Waals surface area contributed by atoms with Crippen molar-refractivity contribution in [2.24, 2.45) is 5.11 Å². The van der Waals surface area contributed by atoms with Gasteiger partial charge in [-0.3, -0.25) is 14.2 Å². The Bertz CT molecular complexity index is 1010. The van der Waals surface area contributed by atoms with Gasteiger partial charge in [0.2, 0.25) is 5.71 Å². The van der Waals surface area contributed by atoms with Crippen molar-refractivity contribution in [2.75, 3.05) is 6.61 Å². The second kappa shape index (κ2) is 8.11. The van der Waals surface area contributed by atoms with Crippen LogP contribution in [0, 0.1) is 0 Å². The number of rotatable bonds is 6. The van der Waals surface area contributed by atoms with E-state index in [-0.39, 0.29) is 25.3 Å². The van der Waals surface area contributed by atoms with E-state index in [1.54, 1.807) is 6.07 Å². The lowest BCUT2D eigenvalue weighted by atomic mass is 10.2. The van der Waals surface area contributed by atoms with Crippen LogP contribution in [0.4, 0.5) is 0 Å². The third-order valence-corrected chi connectivity index (χ3v) is 4.04. The fourth-order valence-corrected chi connectivity index (χ4v) is 2.92. The maximum Gasteiger partial charge on any atom is 0.353 e. The Morgan fingerprint density at radius 3 is 2.89 bits per heavy atom. The van der Waals surface area contributed by atoms with Gasteiger partial charge in [-0.1, -0.05) is 5.11 Å². The summed E-state index contributed by atoms with van der Waals surface area (Å²) in [5.41, 5.74) is 7.87. The van der Waals surface area contributed by atoms with E-state index in [1.165, 1.54) is 24.6 Å². The van der Waals surface area contributed by atoms with Gasteiger partial charge in [0.25, 0.3) is 0 Å². The molecule has 1 fully saturated rings. The van der Waals surface area contributed by atoms with Crippen LogP contribution in [0.5, 0.6) is 0 Å². The Morgan fingerprint density at radius 2 is 2.21 bits per heavy atom. The molecule has 1 saturated heterocycles. The lowest BCUT2D eigenvalue weighted by Gasteiger charge is -2.17. The molecule has 0 aliphatic carbocycles. The van der Waals surface area contributed by atoms with Crippen LogP contribution < -0.4 is 5.69 Å². The molecule has 3 rings (SSSR count). The van der Waals surface area contributed by atoms with Gasteiger partial charge < -0.3 is 18.6 Å². The van der Waals surface area contributed by atoms with Crippen molar-refractivity contribution in [1.82, 2.24) is 9.55 Å². The number of fused-ring (bicyclic) bond motifs is 1. The molecule has 28 heavy (non-hydrogen) atoms. The predicted molar refractivity (Wildman–Crippen MR) is 91.8 cm³/mol. The third-order valence-electron chi connectivity index (χ3n) is 4.04. The van der Waals surface area contributed by atoms with Gasteiger partial charge in [-0.15, -0.1) is 0 Å². The minimum Gasteiger partial charge on any atom is -0.463 e. The van der Waals surface area contributed by atoms with Gasteiger partial charge >= 0.3 is 17.6 Å². The van der Waals surface area contributed by atoms with E-state index in [0.29, 0.717) is 11.1 Å². The van der Waals surface area contributed by atoms with E-state index < -0.39 is 36.1 Å². The Hall–Kier alpha value is -3.37. The Kier molecular flexibility index (Phi) is 5.62. The molecule has 0 N–H and O–H groups in total. The number of hydrogen-bond donors (Lipinski definition) is 0. The minimum absolute atomic E-state index is 0.0139. The van der Waals surface area contributed by atoms with Crippen molar-refractivity contribution in [3.63, 3.8) is 0 Å². The third kappa shape index (κ3) is 4.30. The Morgan fingerprint density at radius 1 is 1.43 bits per heavy atom. The average Bonchev–Trinajstić information content (AvgIpc) is 3.20. The molecule has 12 nitrogen and oxygen atoms in total. The van der Waals surface area contributed by atoms with Crippen LogP contribution in [0.15, 0.2) is 26.6 Å². The molecule has 148 valence electrons. The van der Waals surface area contributed by atoms with Crippen molar-refractivity contribution in [2.45, 2.75) is 45.2 Å². The molecular weight excluding hydrogens is 374 g/mol. The molecule has 0 aromatic carbocycles. The molecule has 0 radical (unpaired) electrons. The SMILES string of the molecule is CC(=O)OC[C@H]1O[C@@H](n2cc3cc(CN=[N+]=[N-])oc3nc2=O)C[C@H]1OC(C)=O. The summed E-state index contributed by atoms with van der Waals surface area (Å²) in [6.07, 6.45) is -0.496. The molecule has 0 bridgehead atoms. The van der Waals surface area contributed by atoms with Crippen LogP contribution in [0.1, 0.15) is 32.3 Å². The number of carbonyl (C=O) groups is 2. The summed E-state index contributed by atoms with van der Waals surface area (Å²) in [5.74, 6) is -0.657. The number of aromatic nitrogens is 2. The first-order valence-corrected chi connectivity index (χ1v) is 8.36. The number of esters is 2. The first-order chi connectivity index (χ1) is 13.4. The zero-order valence-electron chi connectivity index (χ0n) is 15.1. The first kappa shape index (κ1) is 19.4. The summed E-state index contributed by atoms with van der Waals surface area (Å²) in [4.78, 5) is 41.3. The van der Waals surface area contributed by atoms with Crippen molar-refractivity contribution < 1.29 is 28.2 Å². The first-order valence-electron chi connectivity index (χ1n) is 8.36. The molecule has 0 unspecified atom stereocenters. The largest absolute Gasteiger partial charge is 0.463 e. The van der Waals surface area contributed by atoms with E-state index in [0.717, 1.165) is 0 Å². The van der Waals surface area contributed by atoms with Crippen molar-refractivity contribution in [3.05, 3.63) is 39.0 Å². The van der Waals surface area contributed by atoms with E-state index >= 15 is 0 Å². The second-order valence-corrected chi connectivity index (χ2v) is 6.11. The molecule has 2 aromatic rings. The number of nitrogens with zero attached hydrogens (tertiary/aromatic N) is 5. The monoisotopic (exact) mass is 391 g/mol. The van der Waals surface area contributed by atoms with Crippen LogP contribution in [0.3, 0.4) is 0 Å². The summed E-state index contributed by atoms with van der Waals surface area (Å²) in [6, 6.07) is 1.60. The minimum atomic E-state index is -0.773. The predicted octanol–water partition coefficient (Wildman–Crippen LogP) is 1.58. The van der Waals surface area contributed by atoms with Crippen LogP contribution in [0.25, 0.3) is 21.5 Å². The molecule has 0 amide bonds. The second-order valence-electron chi connectivity index (χ2n) is 6.11. The summed E-state index contributed by atoms with van der Waals surface area (Å²) in [6.45, 7) is 2.38. The standard InChI is InChI=1S/C16H17N5O7/c1-8(22)25-7-13-12(26-9(2)23)4-14(28-13)21-6-10-3-11(5-18-20-17)27-15(10)19-16(21)24/h3,6,12-14H,4-5,7H2,1-2H3/t12-,13-,14-/m1/s1. The van der Waals surface area contributed by atoms with Gasteiger partial charge in [0.1, 0.15) is 30.8 Å². The maximum absolute atomic E-state index is 12.4. The van der Waals surface area contributed by atoms with Crippen molar-refractivity contribution >= 4 is 23.0 Å². The summed E-state index contributed by atoms with van der Waals surface area (Å²) < 4.78 is 22.6. The average molecular weight is 391 g/mol. The summed E-state index contributed by atoms with van der Waals surface area (Å²) >= 11 is 0. The van der Waals surface area contributed by atoms with Crippen LogP contribution in [-0.4, -0.2) is 40.3 Å².